The summed E-state index contributed by atoms with van der Waals surface area (Å²) in [5, 5.41) is 10.0. The number of aliphatic hydroxyl groups excluding tert-OH is 1. The number of rotatable bonds is 2. The van der Waals surface area contributed by atoms with Crippen molar-refractivity contribution in [2.75, 3.05) is 0 Å². The van der Waals surface area contributed by atoms with Gasteiger partial charge in [-0.3, -0.25) is 0 Å². The van der Waals surface area contributed by atoms with E-state index >= 15 is 0 Å². The van der Waals surface area contributed by atoms with Gasteiger partial charge in [0.2, 0.25) is 0 Å². The van der Waals surface area contributed by atoms with Crippen LogP contribution in [0.5, 0.6) is 0 Å². The highest BCUT2D eigenvalue weighted by Gasteiger charge is 2.10. The number of aryl methyl sites for hydroxylation is 1. The van der Waals surface area contributed by atoms with Gasteiger partial charge >= 0.3 is 0 Å². The van der Waals surface area contributed by atoms with Crippen LogP contribution in [0.2, 0.25) is 0 Å². The standard InChI is InChI=1S/C11H10BrNOS/c1-7-4-2-3-5-8(7)11-13-9(6-14)10(12)15-11/h2-5,14H,6H2,1H3. The first-order chi connectivity index (χ1) is 7.22. The number of benzene rings is 1. The molecule has 0 atom stereocenters. The van der Waals surface area contributed by atoms with E-state index in [0.29, 0.717) is 5.69 Å². The lowest BCUT2D eigenvalue weighted by Gasteiger charge is -1.99. The molecule has 2 rings (SSSR count). The Bertz CT molecular complexity index is 481. The van der Waals surface area contributed by atoms with E-state index in [1.165, 1.54) is 5.56 Å². The van der Waals surface area contributed by atoms with Crippen LogP contribution < -0.4 is 0 Å². The zero-order valence-corrected chi connectivity index (χ0v) is 10.6. The van der Waals surface area contributed by atoms with E-state index in [-0.39, 0.29) is 6.61 Å². The van der Waals surface area contributed by atoms with E-state index in [0.717, 1.165) is 14.4 Å². The molecule has 1 aromatic heterocycles. The molecule has 0 saturated heterocycles. The van der Waals surface area contributed by atoms with Gasteiger partial charge in [0.05, 0.1) is 16.1 Å². The largest absolute Gasteiger partial charge is 0.390 e. The highest BCUT2D eigenvalue weighted by Crippen LogP contribution is 2.33. The Morgan fingerprint density at radius 1 is 1.40 bits per heavy atom. The van der Waals surface area contributed by atoms with Crippen molar-refractivity contribution >= 4 is 27.3 Å². The molecule has 2 nitrogen and oxygen atoms in total. The summed E-state index contributed by atoms with van der Waals surface area (Å²) in [5.74, 6) is 0. The predicted molar refractivity (Wildman–Crippen MR) is 65.9 cm³/mol. The minimum atomic E-state index is -0.0248. The summed E-state index contributed by atoms with van der Waals surface area (Å²) in [6.45, 7) is 2.03. The molecule has 4 heteroatoms. The van der Waals surface area contributed by atoms with Gasteiger partial charge in [0.15, 0.2) is 0 Å². The van der Waals surface area contributed by atoms with Gasteiger partial charge in [0.25, 0.3) is 0 Å². The minimum absolute atomic E-state index is 0.0248. The van der Waals surface area contributed by atoms with Gasteiger partial charge in [0.1, 0.15) is 5.01 Å². The molecule has 0 aliphatic carbocycles. The lowest BCUT2D eigenvalue weighted by atomic mass is 10.1. The van der Waals surface area contributed by atoms with Crippen LogP contribution in [-0.4, -0.2) is 10.1 Å². The fourth-order valence-electron chi connectivity index (χ4n) is 1.36. The maximum absolute atomic E-state index is 9.06. The lowest BCUT2D eigenvalue weighted by molar-refractivity contribution is 0.277. The number of hydrogen-bond donors (Lipinski definition) is 1. The molecule has 2 aromatic rings. The zero-order chi connectivity index (χ0) is 10.8. The third kappa shape index (κ3) is 2.12. The van der Waals surface area contributed by atoms with Gasteiger partial charge in [0, 0.05) is 5.56 Å². The Hall–Kier alpha value is -0.710. The van der Waals surface area contributed by atoms with E-state index in [2.05, 4.69) is 33.9 Å². The normalized spacial score (nSPS) is 10.6. The lowest BCUT2D eigenvalue weighted by Crippen LogP contribution is -1.85. The van der Waals surface area contributed by atoms with E-state index in [9.17, 15) is 0 Å². The van der Waals surface area contributed by atoms with Crippen LogP contribution >= 0.6 is 27.3 Å². The molecule has 0 bridgehead atoms. The first-order valence-electron chi connectivity index (χ1n) is 4.54. The second kappa shape index (κ2) is 4.43. The van der Waals surface area contributed by atoms with Crippen LogP contribution in [0.4, 0.5) is 0 Å². The summed E-state index contributed by atoms with van der Waals surface area (Å²) < 4.78 is 0.906. The zero-order valence-electron chi connectivity index (χ0n) is 8.20. The smallest absolute Gasteiger partial charge is 0.125 e. The molecular formula is C11H10BrNOS. The summed E-state index contributed by atoms with van der Waals surface area (Å²) in [6.07, 6.45) is 0. The molecule has 78 valence electrons. The molecule has 0 aliphatic heterocycles. The summed E-state index contributed by atoms with van der Waals surface area (Å²) in [5.41, 5.74) is 3.03. The quantitative estimate of drug-likeness (QED) is 0.917. The van der Waals surface area contributed by atoms with Crippen molar-refractivity contribution in [3.05, 3.63) is 39.3 Å². The van der Waals surface area contributed by atoms with E-state index in [1.54, 1.807) is 11.3 Å². The van der Waals surface area contributed by atoms with Gasteiger partial charge < -0.3 is 5.11 Å². The van der Waals surface area contributed by atoms with Crippen molar-refractivity contribution in [3.63, 3.8) is 0 Å². The highest BCUT2D eigenvalue weighted by molar-refractivity contribution is 9.11. The van der Waals surface area contributed by atoms with Crippen molar-refractivity contribution in [2.45, 2.75) is 13.5 Å². The van der Waals surface area contributed by atoms with E-state index in [4.69, 9.17) is 5.11 Å². The van der Waals surface area contributed by atoms with Crippen molar-refractivity contribution < 1.29 is 5.11 Å². The Kier molecular flexibility index (Phi) is 3.19. The average Bonchev–Trinajstić information content (AvgIpc) is 2.60. The fraction of sp³-hybridized carbons (Fsp3) is 0.182. The van der Waals surface area contributed by atoms with Crippen LogP contribution in [0.3, 0.4) is 0 Å². The van der Waals surface area contributed by atoms with Crippen LogP contribution in [0, 0.1) is 6.92 Å². The van der Waals surface area contributed by atoms with Crippen LogP contribution in [0.1, 0.15) is 11.3 Å². The molecule has 1 aromatic carbocycles. The van der Waals surface area contributed by atoms with Gasteiger partial charge in [-0.25, -0.2) is 4.98 Å². The topological polar surface area (TPSA) is 33.1 Å². The molecule has 0 fully saturated rings. The van der Waals surface area contributed by atoms with Crippen molar-refractivity contribution in [2.24, 2.45) is 0 Å². The second-order valence-corrected chi connectivity index (χ2v) is 5.53. The molecular weight excluding hydrogens is 274 g/mol. The van der Waals surface area contributed by atoms with Gasteiger partial charge in [-0.2, -0.15) is 0 Å². The molecule has 0 amide bonds. The Balaban J connectivity index is 2.50. The van der Waals surface area contributed by atoms with E-state index in [1.807, 2.05) is 18.2 Å². The fourth-order valence-corrected chi connectivity index (χ4v) is 2.93. The third-order valence-electron chi connectivity index (χ3n) is 2.17. The number of hydrogen-bond acceptors (Lipinski definition) is 3. The molecule has 1 N–H and O–H groups in total. The molecule has 1 heterocycles. The van der Waals surface area contributed by atoms with Crippen molar-refractivity contribution in [3.8, 4) is 10.6 Å². The van der Waals surface area contributed by atoms with Crippen LogP contribution in [0.25, 0.3) is 10.6 Å². The Morgan fingerprint density at radius 2 is 2.13 bits per heavy atom. The number of aliphatic hydroxyl groups is 1. The molecule has 0 unspecified atom stereocenters. The van der Waals surface area contributed by atoms with Crippen LogP contribution in [0.15, 0.2) is 28.1 Å². The number of halogens is 1. The van der Waals surface area contributed by atoms with Gasteiger partial charge in [-0.15, -0.1) is 11.3 Å². The van der Waals surface area contributed by atoms with Crippen LogP contribution in [-0.2, 0) is 6.61 Å². The first kappa shape index (κ1) is 10.8. The monoisotopic (exact) mass is 283 g/mol. The SMILES string of the molecule is Cc1ccccc1-c1nc(CO)c(Br)s1. The molecule has 0 saturated carbocycles. The van der Waals surface area contributed by atoms with Crippen molar-refractivity contribution in [1.29, 1.82) is 0 Å². The predicted octanol–water partition coefficient (Wildman–Crippen LogP) is 3.37. The minimum Gasteiger partial charge on any atom is -0.390 e. The maximum Gasteiger partial charge on any atom is 0.125 e. The summed E-state index contributed by atoms with van der Waals surface area (Å²) in [6, 6.07) is 8.11. The number of thiazole rings is 1. The van der Waals surface area contributed by atoms with Crippen molar-refractivity contribution in [1.82, 2.24) is 4.98 Å². The number of aromatic nitrogens is 1. The Labute approximate surface area is 101 Å². The van der Waals surface area contributed by atoms with Gasteiger partial charge in [-0.1, -0.05) is 24.3 Å². The first-order valence-corrected chi connectivity index (χ1v) is 6.15. The summed E-state index contributed by atoms with van der Waals surface area (Å²) >= 11 is 4.95. The summed E-state index contributed by atoms with van der Waals surface area (Å²) in [7, 11) is 0. The highest BCUT2D eigenvalue weighted by atomic mass is 79.9. The Morgan fingerprint density at radius 3 is 2.73 bits per heavy atom. The number of nitrogens with zero attached hydrogens (tertiary/aromatic N) is 1. The molecule has 0 radical (unpaired) electrons. The van der Waals surface area contributed by atoms with E-state index < -0.39 is 0 Å². The second-order valence-electron chi connectivity index (χ2n) is 3.21. The maximum atomic E-state index is 9.06. The third-order valence-corrected chi connectivity index (χ3v) is 4.04. The molecule has 0 spiro atoms. The van der Waals surface area contributed by atoms with Gasteiger partial charge in [-0.05, 0) is 28.4 Å². The average molecular weight is 284 g/mol. The molecule has 0 aliphatic rings. The summed E-state index contributed by atoms with van der Waals surface area (Å²) in [4.78, 5) is 4.38. The molecule has 15 heavy (non-hydrogen) atoms.